The molecule has 0 radical (unpaired) electrons. The van der Waals surface area contributed by atoms with Crippen LogP contribution in [0.25, 0.3) is 17.0 Å². The number of anilines is 1. The van der Waals surface area contributed by atoms with Gasteiger partial charge in [0.05, 0.1) is 12.6 Å². The lowest BCUT2D eigenvalue weighted by molar-refractivity contribution is -0.125. The number of fused-ring (bicyclic) bond motifs is 3. The number of nitrogens with one attached hydrogen (secondary N) is 1. The summed E-state index contributed by atoms with van der Waals surface area (Å²) in [5, 5.41) is 4.13. The van der Waals surface area contributed by atoms with E-state index in [1.54, 1.807) is 23.2 Å². The molecule has 2 aliphatic rings. The average Bonchev–Trinajstić information content (AvgIpc) is 3.35. The number of pyridine rings is 1. The molecule has 1 saturated heterocycles. The fourth-order valence-corrected chi connectivity index (χ4v) is 4.70. The van der Waals surface area contributed by atoms with Crippen molar-refractivity contribution in [3.8, 4) is 0 Å². The molecule has 5 rings (SSSR count). The molecule has 0 saturated carbocycles. The lowest BCUT2D eigenvalue weighted by Crippen LogP contribution is -2.36. The van der Waals surface area contributed by atoms with E-state index in [-0.39, 0.29) is 17.9 Å². The highest BCUT2D eigenvalue weighted by molar-refractivity contribution is 5.96. The van der Waals surface area contributed by atoms with Crippen LogP contribution in [0.4, 0.5) is 5.82 Å². The van der Waals surface area contributed by atoms with Crippen LogP contribution in [0.5, 0.6) is 0 Å². The van der Waals surface area contributed by atoms with Gasteiger partial charge in [-0.3, -0.25) is 14.5 Å². The van der Waals surface area contributed by atoms with Crippen molar-refractivity contribution in [1.82, 2.24) is 19.4 Å². The lowest BCUT2D eigenvalue weighted by atomic mass is 10.1. The molecule has 7 heteroatoms. The van der Waals surface area contributed by atoms with Gasteiger partial charge in [0.15, 0.2) is 0 Å². The maximum atomic E-state index is 12.7. The molecule has 1 atom stereocenters. The summed E-state index contributed by atoms with van der Waals surface area (Å²) in [5.74, 6) is 0.584. The third kappa shape index (κ3) is 3.80. The number of carbonyl (C=O) groups is 2. The molecule has 164 valence electrons. The summed E-state index contributed by atoms with van der Waals surface area (Å²) >= 11 is 0. The van der Waals surface area contributed by atoms with Gasteiger partial charge in [-0.15, -0.1) is 0 Å². The van der Waals surface area contributed by atoms with Crippen molar-refractivity contribution >= 4 is 34.6 Å². The van der Waals surface area contributed by atoms with Crippen molar-refractivity contribution in [2.75, 3.05) is 18.9 Å². The van der Waals surface area contributed by atoms with Crippen LogP contribution in [0.3, 0.4) is 0 Å². The number of hydrogen-bond donors (Lipinski definition) is 1. The van der Waals surface area contributed by atoms with Gasteiger partial charge in [-0.2, -0.15) is 0 Å². The first-order chi connectivity index (χ1) is 15.5. The fraction of sp³-hybridized carbons (Fsp3) is 0.320. The van der Waals surface area contributed by atoms with Gasteiger partial charge in [0.2, 0.25) is 11.8 Å². The van der Waals surface area contributed by atoms with Gasteiger partial charge in [0, 0.05) is 49.7 Å². The molecule has 0 unspecified atom stereocenters. The summed E-state index contributed by atoms with van der Waals surface area (Å²) < 4.78 is 2.12. The fourth-order valence-electron chi connectivity index (χ4n) is 4.70. The van der Waals surface area contributed by atoms with E-state index in [0.29, 0.717) is 18.9 Å². The van der Waals surface area contributed by atoms with E-state index < -0.39 is 0 Å². The largest absolute Gasteiger partial charge is 0.346 e. The van der Waals surface area contributed by atoms with Crippen LogP contribution in [0.1, 0.15) is 29.7 Å². The number of benzene rings is 1. The summed E-state index contributed by atoms with van der Waals surface area (Å²) in [6, 6.07) is 12.3. The summed E-state index contributed by atoms with van der Waals surface area (Å²) in [6.45, 7) is 2.15. The average molecular weight is 430 g/mol. The Balaban J connectivity index is 1.29. The normalized spacial score (nSPS) is 18.4. The van der Waals surface area contributed by atoms with E-state index in [9.17, 15) is 9.59 Å². The summed E-state index contributed by atoms with van der Waals surface area (Å²) in [6.07, 6.45) is 7.01. The quantitative estimate of drug-likeness (QED) is 0.647. The Morgan fingerprint density at radius 1 is 1.31 bits per heavy atom. The number of nitrogens with zero attached hydrogens (tertiary/aromatic N) is 4. The molecule has 1 aromatic carbocycles. The summed E-state index contributed by atoms with van der Waals surface area (Å²) in [7, 11) is 3.83. The molecule has 2 aliphatic heterocycles. The first-order valence-corrected chi connectivity index (χ1v) is 11.0. The molecule has 1 fully saturated rings. The zero-order valence-corrected chi connectivity index (χ0v) is 18.4. The smallest absolute Gasteiger partial charge is 0.246 e. The van der Waals surface area contributed by atoms with E-state index in [1.165, 1.54) is 5.39 Å². The Labute approximate surface area is 187 Å². The number of carbonyl (C=O) groups excluding carboxylic acids is 2. The van der Waals surface area contributed by atoms with Crippen LogP contribution in [0, 0.1) is 0 Å². The Hall–Kier alpha value is -3.45. The van der Waals surface area contributed by atoms with E-state index in [4.69, 9.17) is 0 Å². The number of para-hydroxylation sites is 1. The summed E-state index contributed by atoms with van der Waals surface area (Å²) in [4.78, 5) is 33.5. The van der Waals surface area contributed by atoms with Crippen molar-refractivity contribution in [3.63, 3.8) is 0 Å². The maximum Gasteiger partial charge on any atom is 0.246 e. The number of likely N-dealkylation sites (N-methyl/N-ethyl adjacent to an activating group) is 1. The van der Waals surface area contributed by atoms with Gasteiger partial charge in [-0.05, 0) is 54.6 Å². The predicted octanol–water partition coefficient (Wildman–Crippen LogP) is 3.16. The first-order valence-electron chi connectivity index (χ1n) is 11.0. The molecule has 2 amide bonds. The van der Waals surface area contributed by atoms with Gasteiger partial charge in [-0.25, -0.2) is 4.98 Å². The van der Waals surface area contributed by atoms with E-state index >= 15 is 0 Å². The molecule has 1 N–H and O–H groups in total. The van der Waals surface area contributed by atoms with Crippen LogP contribution < -0.4 is 5.32 Å². The minimum Gasteiger partial charge on any atom is -0.346 e. The minimum atomic E-state index is -0.0712. The Bertz CT molecular complexity index is 1230. The summed E-state index contributed by atoms with van der Waals surface area (Å²) in [5.41, 5.74) is 4.07. The third-order valence-electron chi connectivity index (χ3n) is 6.51. The first kappa shape index (κ1) is 20.5. The van der Waals surface area contributed by atoms with E-state index in [2.05, 4.69) is 38.0 Å². The highest BCUT2D eigenvalue weighted by Crippen LogP contribution is 2.28. The zero-order chi connectivity index (χ0) is 22.2. The highest BCUT2D eigenvalue weighted by Gasteiger charge is 2.34. The number of amides is 2. The minimum absolute atomic E-state index is 0.0298. The van der Waals surface area contributed by atoms with E-state index in [0.717, 1.165) is 41.7 Å². The second kappa shape index (κ2) is 8.24. The number of aromatic nitrogens is 2. The monoisotopic (exact) mass is 429 g/mol. The zero-order valence-electron chi connectivity index (χ0n) is 18.4. The third-order valence-corrected chi connectivity index (χ3v) is 6.51. The molecule has 0 aliphatic carbocycles. The van der Waals surface area contributed by atoms with Crippen molar-refractivity contribution < 1.29 is 9.59 Å². The van der Waals surface area contributed by atoms with Crippen molar-refractivity contribution in [3.05, 3.63) is 65.5 Å². The van der Waals surface area contributed by atoms with Crippen LogP contribution in [-0.4, -0.2) is 50.8 Å². The molecule has 3 aromatic rings. The highest BCUT2D eigenvalue weighted by atomic mass is 16.2. The van der Waals surface area contributed by atoms with Gasteiger partial charge < -0.3 is 14.8 Å². The van der Waals surface area contributed by atoms with Crippen LogP contribution in [0.2, 0.25) is 0 Å². The van der Waals surface area contributed by atoms with Crippen molar-refractivity contribution in [2.45, 2.75) is 32.0 Å². The second-order valence-corrected chi connectivity index (χ2v) is 8.68. The SMILES string of the molecule is CN(Cc1cc2ccccc2n1C)C(=O)/C=C/c1cnc2c(c1)CN1CCC[C@@H]1C(=O)N2. The molecule has 0 spiro atoms. The van der Waals surface area contributed by atoms with Gasteiger partial charge in [-0.1, -0.05) is 18.2 Å². The topological polar surface area (TPSA) is 70.5 Å². The molecule has 0 bridgehead atoms. The molecule has 4 heterocycles. The van der Waals surface area contributed by atoms with E-state index in [1.807, 2.05) is 32.3 Å². The molecule has 2 aromatic heterocycles. The van der Waals surface area contributed by atoms with Crippen LogP contribution in [-0.2, 0) is 29.7 Å². The van der Waals surface area contributed by atoms with Crippen molar-refractivity contribution in [2.24, 2.45) is 7.05 Å². The second-order valence-electron chi connectivity index (χ2n) is 8.68. The van der Waals surface area contributed by atoms with Crippen LogP contribution in [0.15, 0.2) is 48.7 Å². The number of aryl methyl sites for hydroxylation is 1. The maximum absolute atomic E-state index is 12.7. The van der Waals surface area contributed by atoms with Gasteiger partial charge >= 0.3 is 0 Å². The van der Waals surface area contributed by atoms with Gasteiger partial charge in [0.25, 0.3) is 0 Å². The lowest BCUT2D eigenvalue weighted by Gasteiger charge is -2.19. The Kier molecular flexibility index (Phi) is 5.27. The molecular weight excluding hydrogens is 402 g/mol. The number of hydrogen-bond acceptors (Lipinski definition) is 4. The van der Waals surface area contributed by atoms with Crippen LogP contribution >= 0.6 is 0 Å². The molecular formula is C25H27N5O2. The Morgan fingerprint density at radius 2 is 2.16 bits per heavy atom. The predicted molar refractivity (Wildman–Crippen MR) is 125 cm³/mol. The molecule has 7 nitrogen and oxygen atoms in total. The number of rotatable bonds is 4. The molecule has 32 heavy (non-hydrogen) atoms. The standard InChI is InChI=1S/C25H27N5O2/c1-28(16-20-13-18-6-3-4-7-21(18)29(20)2)23(31)10-9-17-12-19-15-30-11-5-8-22(30)25(32)27-24(19)26-14-17/h3-4,6-7,9-10,12-14,22H,5,8,11,15-16H2,1-2H3,(H,26,27,32)/b10-9+/t22-/m1/s1. The van der Waals surface area contributed by atoms with Gasteiger partial charge in [0.1, 0.15) is 5.82 Å². The Morgan fingerprint density at radius 3 is 3.00 bits per heavy atom. The van der Waals surface area contributed by atoms with Crippen molar-refractivity contribution in [1.29, 1.82) is 0 Å².